The third-order valence-electron chi connectivity index (χ3n) is 2.49. The molecule has 0 aliphatic heterocycles. The van der Waals surface area contributed by atoms with Gasteiger partial charge in [0.2, 0.25) is 0 Å². The van der Waals surface area contributed by atoms with Gasteiger partial charge in [-0.25, -0.2) is 9.25 Å². The lowest BCUT2D eigenvalue weighted by atomic mass is 10.3. The highest BCUT2D eigenvalue weighted by molar-refractivity contribution is 5.82. The molecule has 2 heterocycles. The first-order chi connectivity index (χ1) is 8.70. The average molecular weight is 246 g/mol. The number of nitrogens with two attached hydrogens (primary N) is 1. The summed E-state index contributed by atoms with van der Waals surface area (Å²) in [5.74, 6) is 0.459. The van der Waals surface area contributed by atoms with E-state index in [1.165, 1.54) is 4.68 Å². The van der Waals surface area contributed by atoms with Crippen molar-refractivity contribution in [3.63, 3.8) is 0 Å². The molecule has 0 bridgehead atoms. The number of aliphatic hydroxyl groups excluding tert-OH is 1. The number of aliphatic imine (C=N–C) groups is 1. The molecule has 0 saturated heterocycles. The van der Waals surface area contributed by atoms with Crippen molar-refractivity contribution in [2.75, 3.05) is 12.3 Å². The van der Waals surface area contributed by atoms with Crippen molar-refractivity contribution in [1.29, 1.82) is 0 Å². The van der Waals surface area contributed by atoms with Crippen LogP contribution in [0, 0.1) is 0 Å². The quantitative estimate of drug-likeness (QED) is 0.590. The van der Waals surface area contributed by atoms with Crippen molar-refractivity contribution in [1.82, 2.24) is 9.78 Å². The van der Waals surface area contributed by atoms with Crippen LogP contribution in [0.2, 0.25) is 0 Å². The van der Waals surface area contributed by atoms with Crippen LogP contribution < -0.4 is 10.3 Å². The maximum absolute atomic E-state index is 8.83. The van der Waals surface area contributed by atoms with Gasteiger partial charge >= 0.3 is 0 Å². The number of aromatic nitrogens is 3. The van der Waals surface area contributed by atoms with Crippen LogP contribution in [0.4, 0.5) is 11.5 Å². The van der Waals surface area contributed by atoms with Gasteiger partial charge in [-0.1, -0.05) is 0 Å². The number of anilines is 1. The van der Waals surface area contributed by atoms with E-state index >= 15 is 0 Å². The monoisotopic (exact) mass is 246 g/mol. The minimum absolute atomic E-state index is 0.00353. The third kappa shape index (κ3) is 2.72. The summed E-state index contributed by atoms with van der Waals surface area (Å²) in [6, 6.07) is 3.90. The normalized spacial score (nSPS) is 11.2. The molecule has 0 unspecified atom stereocenters. The molecule has 2 rings (SSSR count). The first-order valence-corrected chi connectivity index (χ1v) is 5.62. The molecule has 0 aromatic carbocycles. The van der Waals surface area contributed by atoms with Gasteiger partial charge in [-0.05, 0) is 6.07 Å². The summed E-state index contributed by atoms with van der Waals surface area (Å²) in [5.41, 5.74) is 7.44. The average Bonchev–Trinajstić information content (AvgIpc) is 2.69. The third-order valence-corrected chi connectivity index (χ3v) is 2.49. The summed E-state index contributed by atoms with van der Waals surface area (Å²) < 4.78 is 3.47. The summed E-state index contributed by atoms with van der Waals surface area (Å²) in [4.78, 5) is 4.29. The fourth-order valence-electron chi connectivity index (χ4n) is 1.59. The van der Waals surface area contributed by atoms with Gasteiger partial charge in [0, 0.05) is 12.3 Å². The highest BCUT2D eigenvalue weighted by Crippen LogP contribution is 2.20. The van der Waals surface area contributed by atoms with E-state index in [4.69, 9.17) is 10.8 Å². The van der Waals surface area contributed by atoms with E-state index in [0.29, 0.717) is 18.1 Å². The Labute approximate surface area is 105 Å². The van der Waals surface area contributed by atoms with E-state index in [1.54, 1.807) is 12.4 Å². The Morgan fingerprint density at radius 2 is 2.44 bits per heavy atom. The second-order valence-electron chi connectivity index (χ2n) is 3.92. The fourth-order valence-corrected chi connectivity index (χ4v) is 1.59. The lowest BCUT2D eigenvalue weighted by molar-refractivity contribution is -0.671. The van der Waals surface area contributed by atoms with Crippen LogP contribution in [0.5, 0.6) is 0 Å². The Kier molecular flexibility index (Phi) is 3.69. The highest BCUT2D eigenvalue weighted by Gasteiger charge is 2.05. The molecule has 0 atom stereocenters. The first-order valence-electron chi connectivity index (χ1n) is 5.62. The molecule has 0 saturated carbocycles. The summed E-state index contributed by atoms with van der Waals surface area (Å²) in [5, 5.41) is 12.9. The Balaban J connectivity index is 2.18. The Morgan fingerprint density at radius 3 is 3.17 bits per heavy atom. The summed E-state index contributed by atoms with van der Waals surface area (Å²) in [6.07, 6.45) is 7.23. The number of pyridine rings is 1. The number of rotatable bonds is 4. The van der Waals surface area contributed by atoms with E-state index in [1.807, 2.05) is 36.1 Å². The van der Waals surface area contributed by atoms with Crippen molar-refractivity contribution < 1.29 is 9.67 Å². The Morgan fingerprint density at radius 1 is 1.61 bits per heavy atom. The van der Waals surface area contributed by atoms with E-state index in [-0.39, 0.29) is 6.61 Å². The molecule has 3 N–H and O–H groups in total. The van der Waals surface area contributed by atoms with Crippen LogP contribution in [-0.2, 0) is 13.6 Å². The van der Waals surface area contributed by atoms with E-state index < -0.39 is 0 Å². The molecule has 0 aliphatic rings. The standard InChI is InChI=1S/C12H16N5O/c1-16-4-2-3-10(9-16)7-14-11-8-15-17(5-6-18)12(11)13/h2-4,7-9,18H,5-6,13H2,1H3/q+1/b14-7+. The molecule has 2 aromatic heterocycles. The van der Waals surface area contributed by atoms with Crippen molar-refractivity contribution in [2.24, 2.45) is 12.0 Å². The molecule has 0 spiro atoms. The summed E-state index contributed by atoms with van der Waals surface area (Å²) in [6.45, 7) is 0.380. The minimum atomic E-state index is 0.00353. The maximum Gasteiger partial charge on any atom is 0.177 e. The number of nitrogens with zero attached hydrogens (tertiary/aromatic N) is 4. The molecule has 18 heavy (non-hydrogen) atoms. The van der Waals surface area contributed by atoms with Gasteiger partial charge < -0.3 is 10.8 Å². The van der Waals surface area contributed by atoms with Crippen molar-refractivity contribution in [3.05, 3.63) is 36.3 Å². The molecule has 0 radical (unpaired) electrons. The predicted molar refractivity (Wildman–Crippen MR) is 68.6 cm³/mol. The van der Waals surface area contributed by atoms with Gasteiger partial charge in [0.25, 0.3) is 0 Å². The molecule has 0 aliphatic carbocycles. The highest BCUT2D eigenvalue weighted by atomic mass is 16.3. The second-order valence-corrected chi connectivity index (χ2v) is 3.92. The van der Waals surface area contributed by atoms with Gasteiger partial charge in [0.15, 0.2) is 12.4 Å². The van der Waals surface area contributed by atoms with Gasteiger partial charge in [-0.2, -0.15) is 5.10 Å². The Bertz CT molecular complexity index is 561. The van der Waals surface area contributed by atoms with E-state index in [9.17, 15) is 0 Å². The van der Waals surface area contributed by atoms with Gasteiger partial charge in [-0.15, -0.1) is 0 Å². The van der Waals surface area contributed by atoms with Crippen LogP contribution in [0.3, 0.4) is 0 Å². The fraction of sp³-hybridized carbons (Fsp3) is 0.250. The molecule has 6 nitrogen and oxygen atoms in total. The smallest absolute Gasteiger partial charge is 0.177 e. The van der Waals surface area contributed by atoms with Crippen LogP contribution in [0.1, 0.15) is 5.56 Å². The van der Waals surface area contributed by atoms with Crippen molar-refractivity contribution >= 4 is 17.7 Å². The number of hydrogen-bond donors (Lipinski definition) is 2. The van der Waals surface area contributed by atoms with Gasteiger partial charge in [0.05, 0.1) is 24.9 Å². The molecule has 94 valence electrons. The van der Waals surface area contributed by atoms with E-state index in [2.05, 4.69) is 10.1 Å². The second kappa shape index (κ2) is 5.42. The lowest BCUT2D eigenvalue weighted by Crippen LogP contribution is -2.26. The number of aliphatic hydroxyl groups is 1. The predicted octanol–water partition coefficient (Wildman–Crippen LogP) is 0.0327. The number of aryl methyl sites for hydroxylation is 1. The van der Waals surface area contributed by atoms with Crippen LogP contribution in [-0.4, -0.2) is 27.7 Å². The number of nitrogen functional groups attached to an aromatic ring is 1. The van der Waals surface area contributed by atoms with Crippen LogP contribution in [0.25, 0.3) is 0 Å². The van der Waals surface area contributed by atoms with Gasteiger partial charge in [0.1, 0.15) is 18.6 Å². The van der Waals surface area contributed by atoms with Crippen molar-refractivity contribution in [3.8, 4) is 0 Å². The molecule has 6 heteroatoms. The molecular formula is C12H16N5O+. The van der Waals surface area contributed by atoms with Gasteiger partial charge in [-0.3, -0.25) is 4.99 Å². The molecule has 0 amide bonds. The van der Waals surface area contributed by atoms with Crippen LogP contribution >= 0.6 is 0 Å². The zero-order valence-corrected chi connectivity index (χ0v) is 10.2. The SMILES string of the molecule is C[n+]1cccc(/C=N/c2cnn(CCO)c2N)c1. The minimum Gasteiger partial charge on any atom is -0.394 e. The summed E-state index contributed by atoms with van der Waals surface area (Å²) in [7, 11) is 1.95. The Hall–Kier alpha value is -2.21. The zero-order chi connectivity index (χ0) is 13.0. The maximum atomic E-state index is 8.83. The molecular weight excluding hydrogens is 230 g/mol. The first kappa shape index (κ1) is 12.3. The van der Waals surface area contributed by atoms with Crippen molar-refractivity contribution in [2.45, 2.75) is 6.54 Å². The van der Waals surface area contributed by atoms with Crippen LogP contribution in [0.15, 0.2) is 35.7 Å². The number of hydrogen-bond acceptors (Lipinski definition) is 4. The van der Waals surface area contributed by atoms with E-state index in [0.717, 1.165) is 5.56 Å². The zero-order valence-electron chi connectivity index (χ0n) is 10.2. The largest absolute Gasteiger partial charge is 0.394 e. The lowest BCUT2D eigenvalue weighted by Gasteiger charge is -1.99. The summed E-state index contributed by atoms with van der Waals surface area (Å²) >= 11 is 0. The molecule has 2 aromatic rings. The topological polar surface area (TPSA) is 80.3 Å². The molecule has 0 fully saturated rings.